The molecule has 1 heterocycles. The predicted octanol–water partition coefficient (Wildman–Crippen LogP) is 2.42. The van der Waals surface area contributed by atoms with Crippen LogP contribution < -0.4 is 0 Å². The van der Waals surface area contributed by atoms with E-state index in [9.17, 15) is 0 Å². The zero-order chi connectivity index (χ0) is 8.77. The lowest BCUT2D eigenvalue weighted by Crippen LogP contribution is -2.25. The van der Waals surface area contributed by atoms with Crippen molar-refractivity contribution >= 4 is 11.6 Å². The number of ether oxygens (including phenoxy) is 2. The second-order valence-electron chi connectivity index (χ2n) is 3.76. The number of allylic oxidation sites excluding steroid dienone is 1. The normalized spacial score (nSPS) is 39.1. The summed E-state index contributed by atoms with van der Waals surface area (Å²) in [4.78, 5) is 0. The quantitative estimate of drug-likeness (QED) is 0.582. The SMILES string of the molecule is CC1(C)O[C@H]2CCC=C(Cl)[C@H]2O1. The molecule has 1 aliphatic heterocycles. The monoisotopic (exact) mass is 188 g/mol. The summed E-state index contributed by atoms with van der Waals surface area (Å²) in [5.41, 5.74) is 0. The molecule has 0 amide bonds. The fraction of sp³-hybridized carbons (Fsp3) is 0.778. The zero-order valence-corrected chi connectivity index (χ0v) is 8.10. The van der Waals surface area contributed by atoms with Crippen LogP contribution in [-0.4, -0.2) is 18.0 Å². The lowest BCUT2D eigenvalue weighted by Gasteiger charge is -2.19. The van der Waals surface area contributed by atoms with E-state index in [4.69, 9.17) is 21.1 Å². The van der Waals surface area contributed by atoms with E-state index >= 15 is 0 Å². The maximum atomic E-state index is 6.00. The van der Waals surface area contributed by atoms with Crippen LogP contribution in [0.1, 0.15) is 26.7 Å². The van der Waals surface area contributed by atoms with Crippen molar-refractivity contribution in [1.29, 1.82) is 0 Å². The van der Waals surface area contributed by atoms with E-state index in [2.05, 4.69) is 0 Å². The van der Waals surface area contributed by atoms with Crippen molar-refractivity contribution in [3.05, 3.63) is 11.1 Å². The maximum Gasteiger partial charge on any atom is 0.164 e. The van der Waals surface area contributed by atoms with E-state index in [1.807, 2.05) is 19.9 Å². The van der Waals surface area contributed by atoms with Gasteiger partial charge in [0.1, 0.15) is 6.10 Å². The van der Waals surface area contributed by atoms with Crippen LogP contribution in [-0.2, 0) is 9.47 Å². The highest BCUT2D eigenvalue weighted by atomic mass is 35.5. The van der Waals surface area contributed by atoms with Crippen LogP contribution in [0.15, 0.2) is 11.1 Å². The minimum absolute atomic E-state index is 0.0181. The largest absolute Gasteiger partial charge is 0.344 e. The molecule has 2 atom stereocenters. The average Bonchev–Trinajstić information content (AvgIpc) is 2.25. The molecule has 1 aliphatic carbocycles. The third kappa shape index (κ3) is 1.39. The van der Waals surface area contributed by atoms with Crippen LogP contribution in [0.4, 0.5) is 0 Å². The highest BCUT2D eigenvalue weighted by Gasteiger charge is 2.43. The fourth-order valence-corrected chi connectivity index (χ4v) is 2.08. The number of rotatable bonds is 0. The smallest absolute Gasteiger partial charge is 0.164 e. The minimum atomic E-state index is -0.465. The van der Waals surface area contributed by atoms with Gasteiger partial charge in [0.25, 0.3) is 0 Å². The number of fused-ring (bicyclic) bond motifs is 1. The van der Waals surface area contributed by atoms with Gasteiger partial charge in [0, 0.05) is 5.03 Å². The van der Waals surface area contributed by atoms with Gasteiger partial charge in [0.2, 0.25) is 0 Å². The second-order valence-corrected chi connectivity index (χ2v) is 4.20. The molecule has 0 unspecified atom stereocenters. The standard InChI is InChI=1S/C9H13ClO2/c1-9(2)11-7-5-3-4-6(10)8(7)12-9/h4,7-8H,3,5H2,1-2H3/t7-,8+/m0/s1. The van der Waals surface area contributed by atoms with Crippen LogP contribution >= 0.6 is 11.6 Å². The van der Waals surface area contributed by atoms with Gasteiger partial charge in [-0.1, -0.05) is 17.7 Å². The Morgan fingerprint density at radius 1 is 1.50 bits per heavy atom. The maximum absolute atomic E-state index is 6.00. The summed E-state index contributed by atoms with van der Waals surface area (Å²) in [7, 11) is 0. The first-order valence-electron chi connectivity index (χ1n) is 4.30. The van der Waals surface area contributed by atoms with Gasteiger partial charge in [-0.25, -0.2) is 0 Å². The van der Waals surface area contributed by atoms with E-state index in [1.54, 1.807) is 0 Å². The topological polar surface area (TPSA) is 18.5 Å². The Bertz CT molecular complexity index is 223. The van der Waals surface area contributed by atoms with E-state index in [0.29, 0.717) is 0 Å². The van der Waals surface area contributed by atoms with Gasteiger partial charge in [-0.05, 0) is 26.7 Å². The predicted molar refractivity (Wildman–Crippen MR) is 47.0 cm³/mol. The van der Waals surface area contributed by atoms with Gasteiger partial charge in [0.15, 0.2) is 5.79 Å². The molecule has 68 valence electrons. The number of halogens is 1. The summed E-state index contributed by atoms with van der Waals surface area (Å²) >= 11 is 6.00. The highest BCUT2D eigenvalue weighted by Crippen LogP contribution is 2.38. The van der Waals surface area contributed by atoms with Crippen LogP contribution in [0, 0.1) is 0 Å². The molecule has 2 aliphatic rings. The van der Waals surface area contributed by atoms with Crippen LogP contribution in [0.2, 0.25) is 0 Å². The molecule has 0 aromatic carbocycles. The Hall–Kier alpha value is -0.0500. The van der Waals surface area contributed by atoms with Crippen molar-refractivity contribution in [2.24, 2.45) is 0 Å². The van der Waals surface area contributed by atoms with Gasteiger partial charge in [-0.2, -0.15) is 0 Å². The van der Waals surface area contributed by atoms with Crippen LogP contribution in [0.5, 0.6) is 0 Å². The highest BCUT2D eigenvalue weighted by molar-refractivity contribution is 6.30. The van der Waals surface area contributed by atoms with Gasteiger partial charge in [-0.15, -0.1) is 0 Å². The molecule has 0 radical (unpaired) electrons. The molecule has 1 fully saturated rings. The lowest BCUT2D eigenvalue weighted by atomic mass is 10.0. The van der Waals surface area contributed by atoms with Crippen LogP contribution in [0.25, 0.3) is 0 Å². The van der Waals surface area contributed by atoms with Gasteiger partial charge in [0.05, 0.1) is 6.10 Å². The first-order chi connectivity index (χ1) is 5.58. The van der Waals surface area contributed by atoms with Crippen molar-refractivity contribution in [2.75, 3.05) is 0 Å². The first-order valence-corrected chi connectivity index (χ1v) is 4.67. The Morgan fingerprint density at radius 3 is 2.92 bits per heavy atom. The van der Waals surface area contributed by atoms with Gasteiger partial charge < -0.3 is 9.47 Å². The summed E-state index contributed by atoms with van der Waals surface area (Å²) in [5, 5.41) is 0.803. The Morgan fingerprint density at radius 2 is 2.25 bits per heavy atom. The summed E-state index contributed by atoms with van der Waals surface area (Å²) in [5.74, 6) is -0.465. The van der Waals surface area contributed by atoms with Crippen molar-refractivity contribution < 1.29 is 9.47 Å². The first kappa shape index (κ1) is 8.54. The molecule has 0 bridgehead atoms. The van der Waals surface area contributed by atoms with E-state index in [0.717, 1.165) is 17.9 Å². The number of hydrogen-bond donors (Lipinski definition) is 0. The number of hydrogen-bond acceptors (Lipinski definition) is 2. The average molecular weight is 189 g/mol. The molecule has 2 rings (SSSR count). The zero-order valence-electron chi connectivity index (χ0n) is 7.34. The summed E-state index contributed by atoms with van der Waals surface area (Å²) in [6.45, 7) is 3.85. The second kappa shape index (κ2) is 2.72. The van der Waals surface area contributed by atoms with Crippen molar-refractivity contribution in [2.45, 2.75) is 44.7 Å². The Kier molecular flexibility index (Phi) is 1.94. The molecule has 2 nitrogen and oxygen atoms in total. The van der Waals surface area contributed by atoms with Gasteiger partial charge >= 0.3 is 0 Å². The molecular formula is C9H13ClO2. The molecule has 0 aromatic heterocycles. The van der Waals surface area contributed by atoms with Crippen molar-refractivity contribution in [1.82, 2.24) is 0 Å². The van der Waals surface area contributed by atoms with E-state index in [-0.39, 0.29) is 12.2 Å². The Balaban J connectivity index is 2.18. The molecule has 0 N–H and O–H groups in total. The fourth-order valence-electron chi connectivity index (χ4n) is 1.78. The summed E-state index contributed by atoms with van der Waals surface area (Å²) in [6, 6.07) is 0. The molecule has 0 aromatic rings. The minimum Gasteiger partial charge on any atom is -0.344 e. The van der Waals surface area contributed by atoms with Crippen molar-refractivity contribution in [3.63, 3.8) is 0 Å². The van der Waals surface area contributed by atoms with Crippen molar-refractivity contribution in [3.8, 4) is 0 Å². The molecule has 1 saturated heterocycles. The third-order valence-corrected chi connectivity index (χ3v) is 2.62. The molecule has 3 heteroatoms. The Labute approximate surface area is 77.5 Å². The van der Waals surface area contributed by atoms with E-state index in [1.165, 1.54) is 0 Å². The molecule has 12 heavy (non-hydrogen) atoms. The van der Waals surface area contributed by atoms with E-state index < -0.39 is 5.79 Å². The lowest BCUT2D eigenvalue weighted by molar-refractivity contribution is -0.143. The summed E-state index contributed by atoms with van der Waals surface area (Å²) in [6.07, 6.45) is 4.19. The van der Waals surface area contributed by atoms with Crippen LogP contribution in [0.3, 0.4) is 0 Å². The summed E-state index contributed by atoms with van der Waals surface area (Å²) < 4.78 is 11.3. The third-order valence-electron chi connectivity index (χ3n) is 2.25. The molecule has 0 saturated carbocycles. The van der Waals surface area contributed by atoms with Gasteiger partial charge in [-0.3, -0.25) is 0 Å². The molecular weight excluding hydrogens is 176 g/mol. The molecule has 0 spiro atoms.